The fourth-order valence-corrected chi connectivity index (χ4v) is 0.991. The van der Waals surface area contributed by atoms with Crippen LogP contribution >= 0.6 is 0 Å². The van der Waals surface area contributed by atoms with Gasteiger partial charge in [0.05, 0.1) is 0 Å². The van der Waals surface area contributed by atoms with Crippen LogP contribution in [0, 0.1) is 25.5 Å². The maximum atomic E-state index is 12.8. The Bertz CT molecular complexity index is 332. The molecule has 0 N–H and O–H groups in total. The van der Waals surface area contributed by atoms with Crippen LogP contribution in [0.3, 0.4) is 0 Å². The van der Waals surface area contributed by atoms with E-state index < -0.39 is 11.6 Å². The molecule has 12 heavy (non-hydrogen) atoms. The molecule has 0 bridgehead atoms. The molecule has 0 spiro atoms. The lowest BCUT2D eigenvalue weighted by Gasteiger charge is -2.04. The van der Waals surface area contributed by atoms with Crippen LogP contribution < -0.4 is 0 Å². The highest BCUT2D eigenvalue weighted by Crippen LogP contribution is 2.18. The van der Waals surface area contributed by atoms with Crippen LogP contribution in [-0.2, 0) is 0 Å². The normalized spacial score (nSPS) is 10.0. The van der Waals surface area contributed by atoms with Crippen molar-refractivity contribution in [1.82, 2.24) is 0 Å². The van der Waals surface area contributed by atoms with E-state index in [1.165, 1.54) is 6.92 Å². The highest BCUT2D eigenvalue weighted by Gasteiger charge is 2.11. The topological polar surface area (TPSA) is 17.1 Å². The van der Waals surface area contributed by atoms with Gasteiger partial charge in [0, 0.05) is 5.56 Å². The molecule has 0 fully saturated rings. The standard InChI is InChI=1S/C9H8F2O/c1-5-6(2)9(11)8(10)3-7(5)4-12/h3-4H,1-2H3. The van der Waals surface area contributed by atoms with Gasteiger partial charge in [0.25, 0.3) is 0 Å². The van der Waals surface area contributed by atoms with Crippen molar-refractivity contribution in [2.45, 2.75) is 13.8 Å². The van der Waals surface area contributed by atoms with Crippen molar-refractivity contribution in [3.8, 4) is 0 Å². The van der Waals surface area contributed by atoms with E-state index in [1.54, 1.807) is 6.92 Å². The minimum absolute atomic E-state index is 0.192. The molecule has 0 radical (unpaired) electrons. The van der Waals surface area contributed by atoms with Crippen molar-refractivity contribution >= 4 is 6.29 Å². The third-order valence-corrected chi connectivity index (χ3v) is 1.94. The minimum atomic E-state index is -0.972. The molecule has 1 nitrogen and oxygen atoms in total. The van der Waals surface area contributed by atoms with Gasteiger partial charge in [-0.15, -0.1) is 0 Å². The van der Waals surface area contributed by atoms with E-state index >= 15 is 0 Å². The van der Waals surface area contributed by atoms with Crippen LogP contribution in [0.4, 0.5) is 8.78 Å². The molecule has 0 saturated heterocycles. The summed E-state index contributed by atoms with van der Waals surface area (Å²) in [5.41, 5.74) is 0.882. The Hall–Kier alpha value is -1.25. The Morgan fingerprint density at radius 2 is 1.83 bits per heavy atom. The van der Waals surface area contributed by atoms with Crippen LogP contribution in [-0.4, -0.2) is 6.29 Å². The van der Waals surface area contributed by atoms with Crippen molar-refractivity contribution in [2.75, 3.05) is 0 Å². The summed E-state index contributed by atoms with van der Waals surface area (Å²) >= 11 is 0. The molecule has 64 valence electrons. The smallest absolute Gasteiger partial charge is 0.162 e. The van der Waals surface area contributed by atoms with Gasteiger partial charge in [-0.1, -0.05) is 0 Å². The fourth-order valence-electron chi connectivity index (χ4n) is 0.991. The molecule has 0 amide bonds. The van der Waals surface area contributed by atoms with E-state index in [2.05, 4.69) is 0 Å². The second kappa shape index (κ2) is 3.01. The Morgan fingerprint density at radius 1 is 1.25 bits per heavy atom. The first-order valence-corrected chi connectivity index (χ1v) is 3.48. The minimum Gasteiger partial charge on any atom is -0.298 e. The van der Waals surface area contributed by atoms with Crippen LogP contribution in [0.5, 0.6) is 0 Å². The predicted molar refractivity (Wildman–Crippen MR) is 41.2 cm³/mol. The van der Waals surface area contributed by atoms with Gasteiger partial charge < -0.3 is 0 Å². The van der Waals surface area contributed by atoms with Gasteiger partial charge in [0.15, 0.2) is 11.6 Å². The number of rotatable bonds is 1. The lowest BCUT2D eigenvalue weighted by molar-refractivity contribution is 0.112. The SMILES string of the molecule is Cc1c(C=O)cc(F)c(F)c1C. The van der Waals surface area contributed by atoms with Gasteiger partial charge >= 0.3 is 0 Å². The van der Waals surface area contributed by atoms with Gasteiger partial charge in [-0.2, -0.15) is 0 Å². The van der Waals surface area contributed by atoms with Gasteiger partial charge in [0.2, 0.25) is 0 Å². The van der Waals surface area contributed by atoms with Crippen LogP contribution in [0.1, 0.15) is 21.5 Å². The molecular formula is C9H8F2O. The van der Waals surface area contributed by atoms with Gasteiger partial charge in [0.1, 0.15) is 6.29 Å². The average molecular weight is 170 g/mol. The van der Waals surface area contributed by atoms with E-state index in [-0.39, 0.29) is 11.1 Å². The Balaban J connectivity index is 3.49. The quantitative estimate of drug-likeness (QED) is 0.591. The zero-order valence-electron chi connectivity index (χ0n) is 6.82. The van der Waals surface area contributed by atoms with Crippen LogP contribution in [0.15, 0.2) is 6.07 Å². The van der Waals surface area contributed by atoms with Crippen molar-refractivity contribution < 1.29 is 13.6 Å². The highest BCUT2D eigenvalue weighted by atomic mass is 19.2. The van der Waals surface area contributed by atoms with Crippen molar-refractivity contribution in [3.63, 3.8) is 0 Å². The molecule has 3 heteroatoms. The Morgan fingerprint density at radius 3 is 2.33 bits per heavy atom. The molecule has 0 unspecified atom stereocenters. The van der Waals surface area contributed by atoms with Gasteiger partial charge in [-0.25, -0.2) is 8.78 Å². The average Bonchev–Trinajstić information content (AvgIpc) is 2.08. The first-order valence-electron chi connectivity index (χ1n) is 3.48. The van der Waals surface area contributed by atoms with E-state index in [0.29, 0.717) is 11.8 Å². The van der Waals surface area contributed by atoms with Crippen LogP contribution in [0.2, 0.25) is 0 Å². The molecule has 0 heterocycles. The summed E-state index contributed by atoms with van der Waals surface area (Å²) in [4.78, 5) is 10.4. The third-order valence-electron chi connectivity index (χ3n) is 1.94. The van der Waals surface area contributed by atoms with E-state index in [4.69, 9.17) is 0 Å². The molecule has 1 aromatic rings. The molecule has 0 aliphatic carbocycles. The van der Waals surface area contributed by atoms with E-state index in [0.717, 1.165) is 6.07 Å². The largest absolute Gasteiger partial charge is 0.298 e. The van der Waals surface area contributed by atoms with Crippen LogP contribution in [0.25, 0.3) is 0 Å². The number of hydrogen-bond acceptors (Lipinski definition) is 1. The lowest BCUT2D eigenvalue weighted by atomic mass is 10.0. The Kier molecular flexibility index (Phi) is 2.22. The Labute approximate surface area is 69.0 Å². The molecule has 0 saturated carbocycles. The summed E-state index contributed by atoms with van der Waals surface area (Å²) in [6, 6.07) is 0.907. The molecular weight excluding hydrogens is 162 g/mol. The number of hydrogen-bond donors (Lipinski definition) is 0. The summed E-state index contributed by atoms with van der Waals surface area (Å²) in [6.45, 7) is 3.03. The van der Waals surface area contributed by atoms with E-state index in [9.17, 15) is 13.6 Å². The predicted octanol–water partition coefficient (Wildman–Crippen LogP) is 2.39. The first kappa shape index (κ1) is 8.84. The maximum Gasteiger partial charge on any atom is 0.162 e. The molecule has 0 aliphatic heterocycles. The zero-order chi connectivity index (χ0) is 9.30. The number of halogens is 2. The van der Waals surface area contributed by atoms with Gasteiger partial charge in [-0.05, 0) is 31.0 Å². The van der Waals surface area contributed by atoms with Crippen molar-refractivity contribution in [1.29, 1.82) is 0 Å². The molecule has 0 aromatic heterocycles. The van der Waals surface area contributed by atoms with Crippen molar-refractivity contribution in [3.05, 3.63) is 34.4 Å². The molecule has 0 aliphatic rings. The first-order chi connectivity index (χ1) is 5.57. The van der Waals surface area contributed by atoms with Gasteiger partial charge in [-0.3, -0.25) is 4.79 Å². The summed E-state index contributed by atoms with van der Waals surface area (Å²) < 4.78 is 25.5. The number of carbonyl (C=O) groups excluding carboxylic acids is 1. The summed E-state index contributed by atoms with van der Waals surface area (Å²) in [6.07, 6.45) is 0.519. The number of carbonyl (C=O) groups is 1. The number of benzene rings is 1. The third kappa shape index (κ3) is 1.22. The summed E-state index contributed by atoms with van der Waals surface area (Å²) in [7, 11) is 0. The maximum absolute atomic E-state index is 12.8. The monoisotopic (exact) mass is 170 g/mol. The van der Waals surface area contributed by atoms with Crippen molar-refractivity contribution in [2.24, 2.45) is 0 Å². The lowest BCUT2D eigenvalue weighted by Crippen LogP contribution is -1.97. The molecule has 0 atom stereocenters. The second-order valence-corrected chi connectivity index (χ2v) is 2.63. The molecule has 1 rings (SSSR count). The second-order valence-electron chi connectivity index (χ2n) is 2.63. The number of aldehydes is 1. The summed E-state index contributed by atoms with van der Waals surface area (Å²) in [5.74, 6) is -1.85. The summed E-state index contributed by atoms with van der Waals surface area (Å²) in [5, 5.41) is 0. The zero-order valence-corrected chi connectivity index (χ0v) is 6.82. The highest BCUT2D eigenvalue weighted by molar-refractivity contribution is 5.77. The fraction of sp³-hybridized carbons (Fsp3) is 0.222. The van der Waals surface area contributed by atoms with E-state index in [1.807, 2.05) is 0 Å². The molecule has 1 aromatic carbocycles.